The zero-order chi connectivity index (χ0) is 28.3. The van der Waals surface area contributed by atoms with E-state index in [0.29, 0.717) is 53.5 Å². The van der Waals surface area contributed by atoms with Crippen molar-refractivity contribution in [1.29, 1.82) is 0 Å². The molecule has 212 valence electrons. The molecule has 1 aliphatic carbocycles. The van der Waals surface area contributed by atoms with E-state index in [2.05, 4.69) is 30.6 Å². The summed E-state index contributed by atoms with van der Waals surface area (Å²) < 4.78 is 46.1. The Kier molecular flexibility index (Phi) is 6.00. The van der Waals surface area contributed by atoms with Gasteiger partial charge in [0.2, 0.25) is 5.95 Å². The minimum absolute atomic E-state index is 0.148. The summed E-state index contributed by atoms with van der Waals surface area (Å²) in [5, 5.41) is 16.5. The van der Waals surface area contributed by atoms with Crippen molar-refractivity contribution in [3.8, 4) is 28.5 Å². The Morgan fingerprint density at radius 2 is 2.00 bits per heavy atom. The van der Waals surface area contributed by atoms with Gasteiger partial charge in [-0.3, -0.25) is 10.00 Å². The van der Waals surface area contributed by atoms with Crippen LogP contribution in [-0.4, -0.2) is 66.2 Å². The molecule has 1 aliphatic heterocycles. The minimum atomic E-state index is -4.24. The molecule has 41 heavy (non-hydrogen) atoms. The first-order valence-corrected chi connectivity index (χ1v) is 13.5. The molecule has 0 bridgehead atoms. The fraction of sp³-hybridized carbons (Fsp3) is 0.357. The Hall–Kier alpha value is -4.39. The van der Waals surface area contributed by atoms with E-state index in [4.69, 9.17) is 9.72 Å². The normalized spacial score (nSPS) is 15.8. The number of rotatable bonds is 7. The molecular weight excluding hydrogens is 535 g/mol. The second-order valence-electron chi connectivity index (χ2n) is 10.6. The van der Waals surface area contributed by atoms with Crippen LogP contribution in [0, 0.1) is 0 Å². The molecule has 3 N–H and O–H groups in total. The summed E-state index contributed by atoms with van der Waals surface area (Å²) in [5.41, 5.74) is 6.20. The van der Waals surface area contributed by atoms with Crippen LogP contribution < -0.4 is 10.1 Å². The van der Waals surface area contributed by atoms with Crippen LogP contribution in [0.4, 0.5) is 24.8 Å². The summed E-state index contributed by atoms with van der Waals surface area (Å²) in [6.45, 7) is -0.472. The number of methoxy groups -OCH3 is 1. The molecule has 4 heterocycles. The van der Waals surface area contributed by atoms with E-state index >= 15 is 0 Å². The summed E-state index contributed by atoms with van der Waals surface area (Å²) in [7, 11) is 3.41. The number of H-pyrrole nitrogens is 2. The molecule has 0 radical (unpaired) electrons. The number of aryl methyl sites for hydroxylation is 1. The van der Waals surface area contributed by atoms with Gasteiger partial charge in [-0.25, -0.2) is 9.67 Å². The number of hydrogen-bond donors (Lipinski definition) is 3. The maximum atomic E-state index is 12.9. The van der Waals surface area contributed by atoms with Crippen molar-refractivity contribution in [2.75, 3.05) is 25.5 Å². The second kappa shape index (κ2) is 9.61. The van der Waals surface area contributed by atoms with E-state index in [1.165, 1.54) is 10.5 Å². The van der Waals surface area contributed by atoms with E-state index in [-0.39, 0.29) is 6.54 Å². The Labute approximate surface area is 232 Å². The smallest absolute Gasteiger partial charge is 0.401 e. The molecule has 13 heteroatoms. The Bertz CT molecular complexity index is 1750. The highest BCUT2D eigenvalue weighted by molar-refractivity contribution is 5.89. The molecule has 0 unspecified atom stereocenters. The first kappa shape index (κ1) is 25.6. The van der Waals surface area contributed by atoms with Gasteiger partial charge < -0.3 is 15.0 Å². The van der Waals surface area contributed by atoms with Gasteiger partial charge in [0.1, 0.15) is 11.6 Å². The van der Waals surface area contributed by atoms with E-state index in [9.17, 15) is 13.2 Å². The van der Waals surface area contributed by atoms with Crippen molar-refractivity contribution in [2.45, 2.75) is 37.9 Å². The van der Waals surface area contributed by atoms with Gasteiger partial charge >= 0.3 is 6.18 Å². The third kappa shape index (κ3) is 4.90. The first-order chi connectivity index (χ1) is 19.8. The number of nitrogens with one attached hydrogen (secondary N) is 3. The number of alkyl halides is 3. The maximum Gasteiger partial charge on any atom is 0.401 e. The van der Waals surface area contributed by atoms with Crippen LogP contribution in [0.25, 0.3) is 33.7 Å². The van der Waals surface area contributed by atoms with Gasteiger partial charge in [0, 0.05) is 48.9 Å². The lowest BCUT2D eigenvalue weighted by Gasteiger charge is -2.26. The molecular formula is C28H28F3N9O. The summed E-state index contributed by atoms with van der Waals surface area (Å²) >= 11 is 0. The number of anilines is 2. The van der Waals surface area contributed by atoms with Crippen LogP contribution in [0.1, 0.15) is 35.7 Å². The molecule has 2 aliphatic rings. The van der Waals surface area contributed by atoms with Gasteiger partial charge in [-0.1, -0.05) is 6.07 Å². The molecule has 0 spiro atoms. The van der Waals surface area contributed by atoms with Crippen molar-refractivity contribution in [2.24, 2.45) is 7.05 Å². The van der Waals surface area contributed by atoms with Crippen molar-refractivity contribution in [3.05, 3.63) is 53.5 Å². The van der Waals surface area contributed by atoms with E-state index in [1.54, 1.807) is 11.8 Å². The largest absolute Gasteiger partial charge is 0.496 e. The molecule has 0 amide bonds. The number of halogens is 3. The first-order valence-electron chi connectivity index (χ1n) is 13.5. The molecule has 2 aromatic carbocycles. The lowest BCUT2D eigenvalue weighted by atomic mass is 10.0. The highest BCUT2D eigenvalue weighted by atomic mass is 19.4. The van der Waals surface area contributed by atoms with Crippen LogP contribution in [0.3, 0.4) is 0 Å². The van der Waals surface area contributed by atoms with E-state index < -0.39 is 12.7 Å². The monoisotopic (exact) mass is 563 g/mol. The van der Waals surface area contributed by atoms with Gasteiger partial charge in [-0.2, -0.15) is 23.3 Å². The molecule has 0 atom stereocenters. The van der Waals surface area contributed by atoms with E-state index in [0.717, 1.165) is 40.7 Å². The zero-order valence-electron chi connectivity index (χ0n) is 22.5. The molecule has 7 rings (SSSR count). The quantitative estimate of drug-likeness (QED) is 0.246. The minimum Gasteiger partial charge on any atom is -0.496 e. The molecule has 1 saturated carbocycles. The topological polar surface area (TPSA) is 113 Å². The number of hydrogen-bond acceptors (Lipinski definition) is 7. The third-order valence-electron chi connectivity index (χ3n) is 7.69. The van der Waals surface area contributed by atoms with Gasteiger partial charge in [0.05, 0.1) is 36.6 Å². The van der Waals surface area contributed by atoms with Crippen LogP contribution in [0.2, 0.25) is 0 Å². The standard InChI is InChI=1S/C28H28F3N9O/c1-39-27(35-21-8-7-19-18(12-32-37-19)24(21)15-3-4-15)36-25(38-39)16-5-6-17(23(11-16)41-2)26-33-20-9-10-40(13-22(20)34-26)14-28(29,30)31/h5-8,11-12,15H,3-4,9-10,13-14H2,1-2H3,(H,32,37)(H,33,34)(H,35,36,38). The number of fused-ring (bicyclic) bond motifs is 2. The predicted octanol–water partition coefficient (Wildman–Crippen LogP) is 5.30. The predicted molar refractivity (Wildman–Crippen MR) is 147 cm³/mol. The van der Waals surface area contributed by atoms with Crippen molar-refractivity contribution < 1.29 is 17.9 Å². The average Bonchev–Trinajstić information content (AvgIpc) is 3.33. The van der Waals surface area contributed by atoms with Gasteiger partial charge in [-0.15, -0.1) is 5.10 Å². The van der Waals surface area contributed by atoms with Gasteiger partial charge in [-0.05, 0) is 48.6 Å². The second-order valence-corrected chi connectivity index (χ2v) is 10.6. The number of aromatic amines is 2. The van der Waals surface area contributed by atoms with Crippen molar-refractivity contribution >= 4 is 22.5 Å². The van der Waals surface area contributed by atoms with Gasteiger partial charge in [0.15, 0.2) is 5.82 Å². The third-order valence-corrected chi connectivity index (χ3v) is 7.69. The van der Waals surface area contributed by atoms with E-state index in [1.807, 2.05) is 43.6 Å². The average molecular weight is 564 g/mol. The fourth-order valence-electron chi connectivity index (χ4n) is 5.58. The lowest BCUT2D eigenvalue weighted by Crippen LogP contribution is -2.38. The number of ether oxygens (including phenoxy) is 1. The van der Waals surface area contributed by atoms with Crippen molar-refractivity contribution in [3.63, 3.8) is 0 Å². The van der Waals surface area contributed by atoms with Crippen LogP contribution in [-0.2, 0) is 20.0 Å². The Balaban J connectivity index is 1.15. The molecule has 0 saturated heterocycles. The highest BCUT2D eigenvalue weighted by Gasteiger charge is 2.33. The highest BCUT2D eigenvalue weighted by Crippen LogP contribution is 2.47. The van der Waals surface area contributed by atoms with Crippen LogP contribution in [0.5, 0.6) is 5.75 Å². The SMILES string of the molecule is COc1cc(-c2nc(Nc3ccc4[nH]ncc4c3C3CC3)n(C)n2)ccc1-c1nc2c([nH]1)CCN(CC(F)(F)F)C2. The van der Waals surface area contributed by atoms with Crippen LogP contribution >= 0.6 is 0 Å². The Morgan fingerprint density at radius 1 is 1.15 bits per heavy atom. The molecule has 5 aromatic rings. The number of benzene rings is 2. The summed E-state index contributed by atoms with van der Waals surface area (Å²) in [4.78, 5) is 14.1. The fourth-order valence-corrected chi connectivity index (χ4v) is 5.58. The molecule has 1 fully saturated rings. The van der Waals surface area contributed by atoms with Gasteiger partial charge in [0.25, 0.3) is 0 Å². The summed E-state index contributed by atoms with van der Waals surface area (Å²) in [6, 6.07) is 9.66. The van der Waals surface area contributed by atoms with Crippen molar-refractivity contribution in [1.82, 2.24) is 39.8 Å². The van der Waals surface area contributed by atoms with Crippen LogP contribution in [0.15, 0.2) is 36.5 Å². The summed E-state index contributed by atoms with van der Waals surface area (Å²) in [6.07, 6.45) is 0.414. The number of nitrogens with zero attached hydrogens (tertiary/aromatic N) is 6. The zero-order valence-corrected chi connectivity index (χ0v) is 22.5. The number of aromatic nitrogens is 7. The number of imidazole rings is 1. The molecule has 10 nitrogen and oxygen atoms in total. The Morgan fingerprint density at radius 3 is 2.78 bits per heavy atom. The lowest BCUT2D eigenvalue weighted by molar-refractivity contribution is -0.147. The maximum absolute atomic E-state index is 12.9. The molecule has 3 aromatic heterocycles. The summed E-state index contributed by atoms with van der Waals surface area (Å²) in [5.74, 6) is 2.76.